The first kappa shape index (κ1) is 19.1. The lowest BCUT2D eigenvalue weighted by Crippen LogP contribution is -2.03. The third kappa shape index (κ3) is 3.37. The topological polar surface area (TPSA) is 67.5 Å². The molecule has 2 aliphatic rings. The average molecular weight is 427 g/mol. The fourth-order valence-corrected chi connectivity index (χ4v) is 4.00. The van der Waals surface area contributed by atoms with Gasteiger partial charge >= 0.3 is 5.97 Å². The van der Waals surface area contributed by atoms with Crippen LogP contribution in [0.4, 0.5) is 0 Å². The highest BCUT2D eigenvalue weighted by atomic mass is 35.5. The van der Waals surface area contributed by atoms with Crippen LogP contribution in [0, 0.1) is 0 Å². The van der Waals surface area contributed by atoms with Crippen LogP contribution < -0.4 is 5.43 Å². The van der Waals surface area contributed by atoms with Crippen LogP contribution in [-0.2, 0) is 0 Å². The summed E-state index contributed by atoms with van der Waals surface area (Å²) in [6.07, 6.45) is 0. The molecule has 0 atom stereocenters. The van der Waals surface area contributed by atoms with E-state index in [-0.39, 0.29) is 11.0 Å². The number of benzene rings is 4. The molecule has 5 rings (SSSR count). The third-order valence-electron chi connectivity index (χ3n) is 5.30. The minimum Gasteiger partial charge on any atom is -0.478 e. The predicted octanol–water partition coefficient (Wildman–Crippen LogP) is 6.58. The Morgan fingerprint density at radius 1 is 0.806 bits per heavy atom. The standard InChI is InChI=1S/C26H15ClO4/c27-17-8-5-15(6-9-17)16-7-11-21-23(13-16)31-24-14-18(28)10-12-22(24)25(21)19-3-1-2-4-20(19)26(29)30/h1-14H,(H,29,30). The van der Waals surface area contributed by atoms with Crippen LogP contribution in [0.1, 0.15) is 10.4 Å². The SMILES string of the molecule is O=C(O)c1ccccc1-c1c2ccc(=O)cc-2oc2cc(-c3ccc(Cl)cc3)ccc12. The summed E-state index contributed by atoms with van der Waals surface area (Å²) in [7, 11) is 0. The van der Waals surface area contributed by atoms with E-state index in [4.69, 9.17) is 16.0 Å². The van der Waals surface area contributed by atoms with Crippen molar-refractivity contribution in [3.05, 3.63) is 106 Å². The molecule has 3 aromatic rings. The van der Waals surface area contributed by atoms with E-state index < -0.39 is 5.97 Å². The molecular weight excluding hydrogens is 412 g/mol. The Bertz CT molecular complexity index is 1480. The zero-order chi connectivity index (χ0) is 21.5. The van der Waals surface area contributed by atoms with Gasteiger partial charge in [-0.2, -0.15) is 0 Å². The summed E-state index contributed by atoms with van der Waals surface area (Å²) >= 11 is 6.01. The van der Waals surface area contributed by atoms with Gasteiger partial charge in [0.1, 0.15) is 11.3 Å². The lowest BCUT2D eigenvalue weighted by atomic mass is 9.90. The summed E-state index contributed by atoms with van der Waals surface area (Å²) in [5.74, 6) is -0.612. The fraction of sp³-hybridized carbons (Fsp3) is 0. The molecule has 1 aliphatic carbocycles. The molecule has 31 heavy (non-hydrogen) atoms. The summed E-state index contributed by atoms with van der Waals surface area (Å²) in [4.78, 5) is 23.9. The molecule has 0 spiro atoms. The Morgan fingerprint density at radius 3 is 2.32 bits per heavy atom. The molecule has 0 aromatic heterocycles. The Hall–Kier alpha value is -3.89. The number of carboxylic acid groups (broad SMARTS) is 1. The molecule has 5 heteroatoms. The molecule has 4 nitrogen and oxygen atoms in total. The summed E-state index contributed by atoms with van der Waals surface area (Å²) in [6, 6.07) is 24.6. The van der Waals surface area contributed by atoms with E-state index in [0.717, 1.165) is 22.1 Å². The van der Waals surface area contributed by atoms with Gasteiger partial charge in [-0.15, -0.1) is 0 Å². The van der Waals surface area contributed by atoms with E-state index in [0.29, 0.717) is 27.5 Å². The number of fused-ring (bicyclic) bond motifs is 2. The van der Waals surface area contributed by atoms with Crippen molar-refractivity contribution in [2.24, 2.45) is 0 Å². The van der Waals surface area contributed by atoms with E-state index in [1.807, 2.05) is 42.5 Å². The highest BCUT2D eigenvalue weighted by molar-refractivity contribution is 6.30. The van der Waals surface area contributed by atoms with Crippen molar-refractivity contribution in [1.82, 2.24) is 0 Å². The van der Waals surface area contributed by atoms with Gasteiger partial charge < -0.3 is 9.52 Å². The van der Waals surface area contributed by atoms with Crippen molar-refractivity contribution in [2.75, 3.05) is 0 Å². The normalized spacial score (nSPS) is 11.1. The van der Waals surface area contributed by atoms with Crippen LogP contribution in [0.2, 0.25) is 5.02 Å². The number of rotatable bonds is 3. The summed E-state index contributed by atoms with van der Waals surface area (Å²) in [5, 5.41) is 11.2. The molecule has 0 unspecified atom stereocenters. The molecular formula is C26H15ClO4. The van der Waals surface area contributed by atoms with Gasteiger partial charge in [-0.1, -0.05) is 48.0 Å². The Morgan fingerprint density at radius 2 is 1.55 bits per heavy atom. The zero-order valence-corrected chi connectivity index (χ0v) is 16.9. The number of carboxylic acids is 1. The van der Waals surface area contributed by atoms with Crippen molar-refractivity contribution >= 4 is 28.5 Å². The van der Waals surface area contributed by atoms with E-state index in [1.54, 1.807) is 30.3 Å². The lowest BCUT2D eigenvalue weighted by molar-refractivity contribution is 0.0697. The van der Waals surface area contributed by atoms with Gasteiger partial charge in [0.15, 0.2) is 5.43 Å². The molecule has 0 saturated heterocycles. The van der Waals surface area contributed by atoms with Crippen molar-refractivity contribution < 1.29 is 14.3 Å². The van der Waals surface area contributed by atoms with Crippen LogP contribution in [-0.4, -0.2) is 11.1 Å². The maximum absolute atomic E-state index is 12.0. The molecule has 0 amide bonds. The quantitative estimate of drug-likeness (QED) is 0.331. The van der Waals surface area contributed by atoms with Crippen LogP contribution in [0.25, 0.3) is 44.5 Å². The number of hydrogen-bond donors (Lipinski definition) is 1. The molecule has 0 saturated carbocycles. The van der Waals surface area contributed by atoms with Crippen molar-refractivity contribution in [2.45, 2.75) is 0 Å². The first-order valence-corrected chi connectivity index (χ1v) is 9.98. The van der Waals surface area contributed by atoms with Gasteiger partial charge in [0, 0.05) is 27.6 Å². The second-order valence-electron chi connectivity index (χ2n) is 7.20. The number of carbonyl (C=O) groups is 1. The Balaban J connectivity index is 1.86. The van der Waals surface area contributed by atoms with Gasteiger partial charge in [0.2, 0.25) is 0 Å². The molecule has 150 valence electrons. The maximum atomic E-state index is 12.0. The van der Waals surface area contributed by atoms with Crippen molar-refractivity contribution in [3.8, 4) is 33.6 Å². The second-order valence-corrected chi connectivity index (χ2v) is 7.64. The largest absolute Gasteiger partial charge is 0.478 e. The minimum atomic E-state index is -1.02. The third-order valence-corrected chi connectivity index (χ3v) is 5.55. The van der Waals surface area contributed by atoms with E-state index >= 15 is 0 Å². The van der Waals surface area contributed by atoms with Gasteiger partial charge in [-0.3, -0.25) is 4.79 Å². The minimum absolute atomic E-state index is 0.179. The van der Waals surface area contributed by atoms with Crippen LogP contribution >= 0.6 is 11.6 Å². The summed E-state index contributed by atoms with van der Waals surface area (Å²) < 4.78 is 6.10. The van der Waals surface area contributed by atoms with Crippen molar-refractivity contribution in [1.29, 1.82) is 0 Å². The fourth-order valence-electron chi connectivity index (χ4n) is 3.87. The molecule has 0 fully saturated rings. The number of hydrogen-bond acceptors (Lipinski definition) is 3. The highest BCUT2D eigenvalue weighted by Gasteiger charge is 2.21. The summed E-state index contributed by atoms with van der Waals surface area (Å²) in [5.41, 5.74) is 4.41. The van der Waals surface area contributed by atoms with Crippen molar-refractivity contribution in [3.63, 3.8) is 0 Å². The average Bonchev–Trinajstić information content (AvgIpc) is 2.77. The van der Waals surface area contributed by atoms with Gasteiger partial charge in [-0.05, 0) is 59.2 Å². The number of halogens is 1. The Labute approximate surface area is 182 Å². The first-order chi connectivity index (χ1) is 15.0. The predicted molar refractivity (Wildman–Crippen MR) is 122 cm³/mol. The smallest absolute Gasteiger partial charge is 0.336 e. The van der Waals surface area contributed by atoms with Crippen LogP contribution in [0.3, 0.4) is 0 Å². The number of aromatic carboxylic acids is 1. The lowest BCUT2D eigenvalue weighted by Gasteiger charge is -2.17. The molecule has 0 bridgehead atoms. The van der Waals surface area contributed by atoms with Crippen LogP contribution in [0.15, 0.2) is 94.1 Å². The molecule has 0 radical (unpaired) electrons. The van der Waals surface area contributed by atoms with Gasteiger partial charge in [-0.25, -0.2) is 4.79 Å². The zero-order valence-electron chi connectivity index (χ0n) is 16.1. The molecule has 3 aromatic carbocycles. The molecule has 1 N–H and O–H groups in total. The first-order valence-electron chi connectivity index (χ1n) is 9.60. The maximum Gasteiger partial charge on any atom is 0.336 e. The van der Waals surface area contributed by atoms with Crippen LogP contribution in [0.5, 0.6) is 0 Å². The highest BCUT2D eigenvalue weighted by Crippen LogP contribution is 2.42. The van der Waals surface area contributed by atoms with E-state index in [9.17, 15) is 14.7 Å². The summed E-state index contributed by atoms with van der Waals surface area (Å²) in [6.45, 7) is 0. The Kier molecular flexibility index (Phi) is 4.57. The monoisotopic (exact) mass is 426 g/mol. The van der Waals surface area contributed by atoms with E-state index in [1.165, 1.54) is 12.1 Å². The second kappa shape index (κ2) is 7.42. The molecule has 1 aliphatic heterocycles. The van der Waals surface area contributed by atoms with Gasteiger partial charge in [0.25, 0.3) is 0 Å². The molecule has 1 heterocycles. The van der Waals surface area contributed by atoms with Gasteiger partial charge in [0.05, 0.1) is 5.56 Å². The van der Waals surface area contributed by atoms with E-state index in [2.05, 4.69) is 0 Å².